The van der Waals surface area contributed by atoms with Gasteiger partial charge in [0, 0.05) is 46.9 Å². The lowest BCUT2D eigenvalue weighted by molar-refractivity contribution is -0.101. The molecule has 2 heterocycles. The molecule has 20 heavy (non-hydrogen) atoms. The third-order valence-corrected chi connectivity index (χ3v) is 3.72. The van der Waals surface area contributed by atoms with E-state index in [0.29, 0.717) is 31.5 Å². The first-order valence-electron chi connectivity index (χ1n) is 6.93. The molecule has 1 aliphatic rings. The molecule has 0 bridgehead atoms. The molecule has 114 valence electrons. The summed E-state index contributed by atoms with van der Waals surface area (Å²) in [5.74, 6) is 1.03. The molecular weight excluding hydrogens is 262 g/mol. The standard InChI is InChI=1S/C13H23N3O4/c1-17-7-3-4-10(14)11-15-12(16-20-11)13(18-2)5-8-19-9-6-13/h10H,3-9,14H2,1-2H3. The van der Waals surface area contributed by atoms with E-state index in [1.54, 1.807) is 14.2 Å². The molecule has 7 heteroatoms. The zero-order valence-corrected chi connectivity index (χ0v) is 12.1. The lowest BCUT2D eigenvalue weighted by atomic mass is 9.93. The highest BCUT2D eigenvalue weighted by molar-refractivity contribution is 5.04. The number of nitrogens with two attached hydrogens (primary N) is 1. The molecule has 1 fully saturated rings. The molecule has 0 radical (unpaired) electrons. The Morgan fingerprint density at radius 3 is 2.75 bits per heavy atom. The van der Waals surface area contributed by atoms with E-state index in [4.69, 9.17) is 24.5 Å². The molecule has 0 saturated carbocycles. The summed E-state index contributed by atoms with van der Waals surface area (Å²) in [5, 5.41) is 4.05. The van der Waals surface area contributed by atoms with Crippen molar-refractivity contribution in [3.05, 3.63) is 11.7 Å². The number of hydrogen-bond acceptors (Lipinski definition) is 7. The van der Waals surface area contributed by atoms with Crippen molar-refractivity contribution in [3.8, 4) is 0 Å². The predicted molar refractivity (Wildman–Crippen MR) is 71.1 cm³/mol. The van der Waals surface area contributed by atoms with Gasteiger partial charge in [-0.2, -0.15) is 4.98 Å². The van der Waals surface area contributed by atoms with Gasteiger partial charge in [-0.25, -0.2) is 0 Å². The Balaban J connectivity index is 2.03. The molecule has 1 atom stereocenters. The Morgan fingerprint density at radius 2 is 2.10 bits per heavy atom. The maximum absolute atomic E-state index is 6.05. The van der Waals surface area contributed by atoms with Gasteiger partial charge < -0.3 is 24.5 Å². The van der Waals surface area contributed by atoms with Crippen LogP contribution in [-0.2, 0) is 19.8 Å². The van der Waals surface area contributed by atoms with Crippen LogP contribution in [0.2, 0.25) is 0 Å². The van der Waals surface area contributed by atoms with E-state index in [-0.39, 0.29) is 6.04 Å². The van der Waals surface area contributed by atoms with E-state index in [1.807, 2.05) is 0 Å². The molecule has 1 aromatic rings. The van der Waals surface area contributed by atoms with Gasteiger partial charge in [-0.3, -0.25) is 0 Å². The zero-order valence-electron chi connectivity index (χ0n) is 12.1. The lowest BCUT2D eigenvalue weighted by Gasteiger charge is -2.32. The van der Waals surface area contributed by atoms with Gasteiger partial charge in [-0.05, 0) is 12.8 Å². The quantitative estimate of drug-likeness (QED) is 0.751. The Labute approximate surface area is 118 Å². The topological polar surface area (TPSA) is 92.6 Å². The third kappa shape index (κ3) is 3.35. The van der Waals surface area contributed by atoms with Gasteiger partial charge in [-0.1, -0.05) is 5.16 Å². The van der Waals surface area contributed by atoms with Gasteiger partial charge in [0.15, 0.2) is 0 Å². The normalized spacial score (nSPS) is 19.9. The number of nitrogens with zero attached hydrogens (tertiary/aromatic N) is 2. The van der Waals surface area contributed by atoms with Crippen LogP contribution in [0, 0.1) is 0 Å². The van der Waals surface area contributed by atoms with Crippen molar-refractivity contribution in [3.63, 3.8) is 0 Å². The minimum atomic E-state index is -0.508. The largest absolute Gasteiger partial charge is 0.385 e. The molecule has 1 aliphatic heterocycles. The maximum Gasteiger partial charge on any atom is 0.243 e. The second kappa shape index (κ2) is 7.12. The van der Waals surface area contributed by atoms with Gasteiger partial charge in [0.2, 0.25) is 11.7 Å². The highest BCUT2D eigenvalue weighted by atomic mass is 16.5. The average molecular weight is 285 g/mol. The molecule has 0 amide bonds. The van der Waals surface area contributed by atoms with E-state index < -0.39 is 5.60 Å². The first-order valence-corrected chi connectivity index (χ1v) is 6.93. The minimum Gasteiger partial charge on any atom is -0.385 e. The van der Waals surface area contributed by atoms with Crippen molar-refractivity contribution >= 4 is 0 Å². The van der Waals surface area contributed by atoms with E-state index in [1.165, 1.54) is 0 Å². The smallest absolute Gasteiger partial charge is 0.243 e. The Hall–Kier alpha value is -1.02. The van der Waals surface area contributed by atoms with Gasteiger partial charge in [0.05, 0.1) is 6.04 Å². The summed E-state index contributed by atoms with van der Waals surface area (Å²) in [4.78, 5) is 4.43. The Kier molecular flexibility index (Phi) is 5.47. The molecule has 7 nitrogen and oxygen atoms in total. The fraction of sp³-hybridized carbons (Fsp3) is 0.846. The number of rotatable bonds is 7. The average Bonchev–Trinajstić information content (AvgIpc) is 2.98. The van der Waals surface area contributed by atoms with Crippen LogP contribution in [0.4, 0.5) is 0 Å². The van der Waals surface area contributed by atoms with Crippen LogP contribution >= 0.6 is 0 Å². The third-order valence-electron chi connectivity index (χ3n) is 3.72. The summed E-state index contributed by atoms with van der Waals surface area (Å²) in [7, 11) is 3.34. The second-order valence-electron chi connectivity index (χ2n) is 5.01. The molecule has 2 rings (SSSR count). The molecule has 0 spiro atoms. The summed E-state index contributed by atoms with van der Waals surface area (Å²) >= 11 is 0. The SMILES string of the molecule is COCCCC(N)c1nc(C2(OC)CCOCC2)no1. The minimum absolute atomic E-state index is 0.264. The molecule has 2 N–H and O–H groups in total. The van der Waals surface area contributed by atoms with Crippen LogP contribution in [0.25, 0.3) is 0 Å². The van der Waals surface area contributed by atoms with Gasteiger partial charge in [0.25, 0.3) is 0 Å². The van der Waals surface area contributed by atoms with Crippen molar-refractivity contribution in [2.24, 2.45) is 5.73 Å². The summed E-state index contributed by atoms with van der Waals surface area (Å²) in [6.45, 7) is 1.95. The van der Waals surface area contributed by atoms with Crippen LogP contribution in [0.15, 0.2) is 4.52 Å². The first kappa shape index (κ1) is 15.4. The zero-order chi connectivity index (χ0) is 14.4. The highest BCUT2D eigenvalue weighted by Crippen LogP contribution is 2.34. The van der Waals surface area contributed by atoms with Gasteiger partial charge >= 0.3 is 0 Å². The molecule has 1 aromatic heterocycles. The molecule has 0 aliphatic carbocycles. The Bertz CT molecular complexity index is 404. The summed E-state index contributed by atoms with van der Waals surface area (Å²) in [6.07, 6.45) is 3.06. The fourth-order valence-corrected chi connectivity index (χ4v) is 2.36. The van der Waals surface area contributed by atoms with Crippen molar-refractivity contribution in [2.45, 2.75) is 37.3 Å². The number of methoxy groups -OCH3 is 2. The summed E-state index contributed by atoms with van der Waals surface area (Å²) < 4.78 is 21.3. The fourth-order valence-electron chi connectivity index (χ4n) is 2.36. The van der Waals surface area contributed by atoms with Crippen LogP contribution < -0.4 is 5.73 Å². The number of aromatic nitrogens is 2. The van der Waals surface area contributed by atoms with Crippen molar-refractivity contribution < 1.29 is 18.7 Å². The summed E-state index contributed by atoms with van der Waals surface area (Å²) in [6, 6.07) is -0.264. The highest BCUT2D eigenvalue weighted by Gasteiger charge is 2.39. The Morgan fingerprint density at radius 1 is 1.35 bits per heavy atom. The van der Waals surface area contributed by atoms with Crippen LogP contribution in [0.1, 0.15) is 43.4 Å². The molecule has 1 saturated heterocycles. The first-order chi connectivity index (χ1) is 9.72. The van der Waals surface area contributed by atoms with Crippen molar-refractivity contribution in [2.75, 3.05) is 34.0 Å². The predicted octanol–water partition coefficient (Wildman–Crippen LogP) is 1.15. The molecular formula is C13H23N3O4. The van der Waals surface area contributed by atoms with E-state index in [0.717, 1.165) is 25.7 Å². The van der Waals surface area contributed by atoms with Crippen LogP contribution in [0.3, 0.4) is 0 Å². The summed E-state index contributed by atoms with van der Waals surface area (Å²) in [5.41, 5.74) is 5.54. The van der Waals surface area contributed by atoms with Crippen molar-refractivity contribution in [1.29, 1.82) is 0 Å². The van der Waals surface area contributed by atoms with Gasteiger partial charge in [-0.15, -0.1) is 0 Å². The van der Waals surface area contributed by atoms with Crippen LogP contribution in [0.5, 0.6) is 0 Å². The monoisotopic (exact) mass is 285 g/mol. The van der Waals surface area contributed by atoms with E-state index >= 15 is 0 Å². The maximum atomic E-state index is 6.05. The van der Waals surface area contributed by atoms with E-state index in [9.17, 15) is 0 Å². The molecule has 1 unspecified atom stereocenters. The lowest BCUT2D eigenvalue weighted by Crippen LogP contribution is -2.36. The molecule has 0 aromatic carbocycles. The number of hydrogen-bond donors (Lipinski definition) is 1. The van der Waals surface area contributed by atoms with Gasteiger partial charge in [0.1, 0.15) is 5.60 Å². The second-order valence-corrected chi connectivity index (χ2v) is 5.01. The number of ether oxygens (including phenoxy) is 3. The van der Waals surface area contributed by atoms with Crippen molar-refractivity contribution in [1.82, 2.24) is 10.1 Å². The van der Waals surface area contributed by atoms with Crippen LogP contribution in [-0.4, -0.2) is 44.2 Å². The van der Waals surface area contributed by atoms with E-state index in [2.05, 4.69) is 10.1 Å².